The summed E-state index contributed by atoms with van der Waals surface area (Å²) >= 11 is 0. The zero-order valence-corrected chi connectivity index (χ0v) is 14.7. The normalized spacial score (nSPS) is 11.4. The van der Waals surface area contributed by atoms with Gasteiger partial charge >= 0.3 is 5.97 Å². The fourth-order valence-electron chi connectivity index (χ4n) is 2.26. The van der Waals surface area contributed by atoms with E-state index in [1.54, 1.807) is 56.6 Å². The molecule has 2 aromatic carbocycles. The fourth-order valence-corrected chi connectivity index (χ4v) is 2.26. The van der Waals surface area contributed by atoms with Gasteiger partial charge in [-0.1, -0.05) is 30.3 Å². The number of rotatable bonds is 6. The van der Waals surface area contributed by atoms with Crippen LogP contribution in [0, 0.1) is 0 Å². The second kappa shape index (κ2) is 8.19. The quantitative estimate of drug-likeness (QED) is 0.755. The van der Waals surface area contributed by atoms with Gasteiger partial charge < -0.3 is 19.1 Å². The van der Waals surface area contributed by atoms with E-state index in [0.29, 0.717) is 17.1 Å². The van der Waals surface area contributed by atoms with Gasteiger partial charge in [-0.3, -0.25) is 4.79 Å². The highest BCUT2D eigenvalue weighted by Gasteiger charge is 2.28. The highest BCUT2D eigenvalue weighted by Crippen LogP contribution is 2.28. The maximum atomic E-state index is 12.6. The van der Waals surface area contributed by atoms with E-state index in [1.807, 2.05) is 6.07 Å². The largest absolute Gasteiger partial charge is 0.497 e. The number of hydrogen-bond acceptors (Lipinski definition) is 5. The van der Waals surface area contributed by atoms with Gasteiger partial charge in [-0.15, -0.1) is 0 Å². The molecule has 25 heavy (non-hydrogen) atoms. The summed E-state index contributed by atoms with van der Waals surface area (Å²) in [4.78, 5) is 26.5. The monoisotopic (exact) mass is 343 g/mol. The highest BCUT2D eigenvalue weighted by atomic mass is 16.6. The van der Waals surface area contributed by atoms with Crippen LogP contribution in [0.4, 0.5) is 0 Å². The SMILES string of the molecule is COc1ccc(C(=O)O[C@H](C(=O)N(C)C)c2ccccc2)c(OC)c1. The van der Waals surface area contributed by atoms with Crippen molar-refractivity contribution >= 4 is 11.9 Å². The van der Waals surface area contributed by atoms with Gasteiger partial charge in [0, 0.05) is 25.7 Å². The Kier molecular flexibility index (Phi) is 6.00. The van der Waals surface area contributed by atoms with Gasteiger partial charge in [0.25, 0.3) is 5.91 Å². The van der Waals surface area contributed by atoms with Crippen molar-refractivity contribution in [1.29, 1.82) is 0 Å². The average molecular weight is 343 g/mol. The number of benzene rings is 2. The summed E-state index contributed by atoms with van der Waals surface area (Å²) in [5, 5.41) is 0. The van der Waals surface area contributed by atoms with Gasteiger partial charge in [0.1, 0.15) is 17.1 Å². The van der Waals surface area contributed by atoms with Crippen molar-refractivity contribution in [2.75, 3.05) is 28.3 Å². The molecule has 0 saturated carbocycles. The molecule has 0 aliphatic carbocycles. The Morgan fingerprint density at radius 1 is 0.960 bits per heavy atom. The molecular formula is C19H21NO5. The van der Waals surface area contributed by atoms with Crippen LogP contribution in [0.2, 0.25) is 0 Å². The van der Waals surface area contributed by atoms with E-state index in [4.69, 9.17) is 14.2 Å². The molecule has 132 valence electrons. The van der Waals surface area contributed by atoms with Crippen LogP contribution in [0.5, 0.6) is 11.5 Å². The van der Waals surface area contributed by atoms with Crippen molar-refractivity contribution in [3.8, 4) is 11.5 Å². The van der Waals surface area contributed by atoms with Gasteiger partial charge in [0.15, 0.2) is 0 Å². The molecule has 0 spiro atoms. The molecule has 0 aliphatic heterocycles. The summed E-state index contributed by atoms with van der Waals surface area (Å²) in [7, 11) is 6.19. The summed E-state index contributed by atoms with van der Waals surface area (Å²) in [5.74, 6) is -0.110. The maximum absolute atomic E-state index is 12.6. The molecule has 1 amide bonds. The number of hydrogen-bond donors (Lipinski definition) is 0. The van der Waals surface area contributed by atoms with Crippen molar-refractivity contribution < 1.29 is 23.8 Å². The Hall–Kier alpha value is -3.02. The van der Waals surface area contributed by atoms with Crippen LogP contribution in [0.1, 0.15) is 22.0 Å². The number of esters is 1. The topological polar surface area (TPSA) is 65.1 Å². The molecule has 0 unspecified atom stereocenters. The first kappa shape index (κ1) is 18.3. The minimum absolute atomic E-state index is 0.218. The standard InChI is InChI=1S/C19H21NO5/c1-20(2)18(21)17(13-8-6-5-7-9-13)25-19(22)15-11-10-14(23-3)12-16(15)24-4/h5-12,17H,1-4H3/t17-/m0/s1. The van der Waals surface area contributed by atoms with E-state index in [2.05, 4.69) is 0 Å². The Labute approximate surface area is 146 Å². The van der Waals surface area contributed by atoms with Crippen molar-refractivity contribution in [3.05, 3.63) is 59.7 Å². The van der Waals surface area contributed by atoms with E-state index < -0.39 is 12.1 Å². The lowest BCUT2D eigenvalue weighted by Gasteiger charge is -2.21. The van der Waals surface area contributed by atoms with Crippen LogP contribution >= 0.6 is 0 Å². The molecule has 1 atom stereocenters. The minimum Gasteiger partial charge on any atom is -0.497 e. The van der Waals surface area contributed by atoms with E-state index in [1.165, 1.54) is 19.1 Å². The molecular weight excluding hydrogens is 322 g/mol. The number of methoxy groups -OCH3 is 2. The second-order valence-corrected chi connectivity index (χ2v) is 5.49. The van der Waals surface area contributed by atoms with E-state index in [0.717, 1.165) is 0 Å². The predicted octanol–water partition coefficient (Wildman–Crippen LogP) is 2.69. The van der Waals surface area contributed by atoms with Crippen molar-refractivity contribution in [2.45, 2.75) is 6.10 Å². The lowest BCUT2D eigenvalue weighted by molar-refractivity contribution is -0.138. The van der Waals surface area contributed by atoms with Gasteiger partial charge in [-0.05, 0) is 12.1 Å². The van der Waals surface area contributed by atoms with E-state index in [9.17, 15) is 9.59 Å². The van der Waals surface area contributed by atoms with Crippen molar-refractivity contribution in [2.24, 2.45) is 0 Å². The third-order valence-corrected chi connectivity index (χ3v) is 3.62. The third-order valence-electron chi connectivity index (χ3n) is 3.62. The summed E-state index contributed by atoms with van der Waals surface area (Å²) in [6, 6.07) is 13.6. The fraction of sp³-hybridized carbons (Fsp3) is 0.263. The van der Waals surface area contributed by atoms with Crippen LogP contribution in [-0.4, -0.2) is 45.1 Å². The number of carbonyl (C=O) groups is 2. The number of amides is 1. The summed E-state index contributed by atoms with van der Waals surface area (Å²) in [6.45, 7) is 0. The Morgan fingerprint density at radius 2 is 1.64 bits per heavy atom. The van der Waals surface area contributed by atoms with Crippen molar-refractivity contribution in [1.82, 2.24) is 4.90 Å². The molecule has 2 rings (SSSR count). The lowest BCUT2D eigenvalue weighted by atomic mass is 10.1. The summed E-state index contributed by atoms with van der Waals surface area (Å²) < 4.78 is 15.9. The average Bonchev–Trinajstić information content (AvgIpc) is 2.65. The highest BCUT2D eigenvalue weighted by molar-refractivity contribution is 5.95. The Balaban J connectivity index is 2.33. The van der Waals surface area contributed by atoms with Gasteiger partial charge in [0.2, 0.25) is 6.10 Å². The Bertz CT molecular complexity index is 743. The van der Waals surface area contributed by atoms with Crippen LogP contribution in [0.15, 0.2) is 48.5 Å². The van der Waals surface area contributed by atoms with Crippen LogP contribution < -0.4 is 9.47 Å². The molecule has 6 heteroatoms. The number of nitrogens with zero attached hydrogens (tertiary/aromatic N) is 1. The molecule has 0 saturated heterocycles. The molecule has 2 aromatic rings. The van der Waals surface area contributed by atoms with Gasteiger partial charge in [-0.2, -0.15) is 0 Å². The zero-order valence-electron chi connectivity index (χ0n) is 14.7. The first-order chi connectivity index (χ1) is 12.0. The smallest absolute Gasteiger partial charge is 0.343 e. The number of carbonyl (C=O) groups excluding carboxylic acids is 2. The number of ether oxygens (including phenoxy) is 3. The molecule has 0 aromatic heterocycles. The lowest BCUT2D eigenvalue weighted by Crippen LogP contribution is -2.31. The number of likely N-dealkylation sites (N-methyl/N-ethyl adjacent to an activating group) is 1. The molecule has 6 nitrogen and oxygen atoms in total. The van der Waals surface area contributed by atoms with Crippen molar-refractivity contribution in [3.63, 3.8) is 0 Å². The molecule has 0 heterocycles. The first-order valence-electron chi connectivity index (χ1n) is 7.67. The second-order valence-electron chi connectivity index (χ2n) is 5.49. The van der Waals surface area contributed by atoms with Gasteiger partial charge in [-0.25, -0.2) is 4.79 Å². The first-order valence-corrected chi connectivity index (χ1v) is 7.67. The van der Waals surface area contributed by atoms with E-state index in [-0.39, 0.29) is 11.5 Å². The maximum Gasteiger partial charge on any atom is 0.343 e. The third kappa shape index (κ3) is 4.29. The summed E-state index contributed by atoms with van der Waals surface area (Å²) in [6.07, 6.45) is -1.03. The molecule has 0 aliphatic rings. The molecule has 0 fully saturated rings. The van der Waals surface area contributed by atoms with Crippen LogP contribution in [-0.2, 0) is 9.53 Å². The summed E-state index contributed by atoms with van der Waals surface area (Å²) in [5.41, 5.74) is 0.817. The van der Waals surface area contributed by atoms with Crippen LogP contribution in [0.3, 0.4) is 0 Å². The minimum atomic E-state index is -1.03. The molecule has 0 N–H and O–H groups in total. The predicted molar refractivity (Wildman–Crippen MR) is 92.8 cm³/mol. The van der Waals surface area contributed by atoms with E-state index >= 15 is 0 Å². The Morgan fingerprint density at radius 3 is 2.20 bits per heavy atom. The molecule has 0 bridgehead atoms. The zero-order chi connectivity index (χ0) is 18.4. The van der Waals surface area contributed by atoms with Crippen LogP contribution in [0.25, 0.3) is 0 Å². The van der Waals surface area contributed by atoms with Gasteiger partial charge in [0.05, 0.1) is 14.2 Å². The molecule has 0 radical (unpaired) electrons.